The van der Waals surface area contributed by atoms with Gasteiger partial charge in [-0.3, -0.25) is 0 Å². The lowest BCUT2D eigenvalue weighted by Crippen LogP contribution is -2.38. The van der Waals surface area contributed by atoms with Gasteiger partial charge in [-0.25, -0.2) is 0 Å². The quantitative estimate of drug-likeness (QED) is 0.846. The van der Waals surface area contributed by atoms with E-state index in [4.69, 9.17) is 5.73 Å². The lowest BCUT2D eigenvalue weighted by atomic mass is 10.2. The fourth-order valence-electron chi connectivity index (χ4n) is 2.22. The number of halogens is 1. The molecule has 1 aromatic heterocycles. The molecule has 0 unspecified atom stereocenters. The molecule has 2 aromatic rings. The molecule has 1 saturated carbocycles. The number of hydrogen-bond donors (Lipinski definition) is 1. The van der Waals surface area contributed by atoms with Crippen LogP contribution < -0.4 is 10.3 Å². The van der Waals surface area contributed by atoms with Gasteiger partial charge in [-0.1, -0.05) is 30.3 Å². The van der Waals surface area contributed by atoms with Gasteiger partial charge in [-0.15, -0.1) is 12.4 Å². The van der Waals surface area contributed by atoms with Crippen molar-refractivity contribution in [2.24, 2.45) is 0 Å². The van der Waals surface area contributed by atoms with E-state index in [1.54, 1.807) is 0 Å². The van der Waals surface area contributed by atoms with Crippen LogP contribution in [0.4, 0.5) is 5.69 Å². The van der Waals surface area contributed by atoms with Crippen LogP contribution in [-0.2, 0) is 6.54 Å². The Morgan fingerprint density at radius 1 is 1.11 bits per heavy atom. The molecular formula is C15H18ClN2+. The second-order valence-corrected chi connectivity index (χ2v) is 4.77. The number of hydrogen-bond acceptors (Lipinski definition) is 1. The van der Waals surface area contributed by atoms with Crippen molar-refractivity contribution in [3.05, 3.63) is 59.9 Å². The van der Waals surface area contributed by atoms with E-state index in [-0.39, 0.29) is 12.4 Å². The van der Waals surface area contributed by atoms with E-state index in [0.29, 0.717) is 0 Å². The van der Waals surface area contributed by atoms with Crippen molar-refractivity contribution in [2.75, 3.05) is 5.73 Å². The lowest BCUT2D eigenvalue weighted by molar-refractivity contribution is -0.695. The molecule has 2 N–H and O–H groups in total. The van der Waals surface area contributed by atoms with Crippen LogP contribution in [0.15, 0.2) is 48.7 Å². The first-order valence-electron chi connectivity index (χ1n) is 6.16. The lowest BCUT2D eigenvalue weighted by Gasteiger charge is -2.04. The summed E-state index contributed by atoms with van der Waals surface area (Å²) >= 11 is 0. The molecule has 1 heterocycles. The topological polar surface area (TPSA) is 29.9 Å². The Balaban J connectivity index is 0.00000120. The van der Waals surface area contributed by atoms with E-state index >= 15 is 0 Å². The van der Waals surface area contributed by atoms with Crippen molar-refractivity contribution in [3.8, 4) is 0 Å². The van der Waals surface area contributed by atoms with Gasteiger partial charge in [0, 0.05) is 29.3 Å². The summed E-state index contributed by atoms with van der Waals surface area (Å²) in [5.74, 6) is 0.724. The molecule has 1 aliphatic carbocycles. The van der Waals surface area contributed by atoms with Crippen molar-refractivity contribution in [1.82, 2.24) is 0 Å². The molecule has 94 valence electrons. The van der Waals surface area contributed by atoms with Crippen molar-refractivity contribution in [2.45, 2.75) is 25.3 Å². The number of nitrogens with zero attached hydrogens (tertiary/aromatic N) is 1. The van der Waals surface area contributed by atoms with Gasteiger partial charge < -0.3 is 5.73 Å². The summed E-state index contributed by atoms with van der Waals surface area (Å²) in [5, 5.41) is 0. The summed E-state index contributed by atoms with van der Waals surface area (Å²) in [6.45, 7) is 0.937. The zero-order chi connectivity index (χ0) is 11.7. The molecule has 0 amide bonds. The molecule has 0 atom stereocenters. The molecule has 0 spiro atoms. The Kier molecular flexibility index (Phi) is 3.87. The summed E-state index contributed by atoms with van der Waals surface area (Å²) in [4.78, 5) is 0. The predicted octanol–water partition coefficient (Wildman–Crippen LogP) is 2.90. The number of nitrogen functional groups attached to an aromatic ring is 1. The minimum absolute atomic E-state index is 0. The van der Waals surface area contributed by atoms with E-state index in [0.717, 1.165) is 18.2 Å². The van der Waals surface area contributed by atoms with Gasteiger partial charge in [0.1, 0.15) is 0 Å². The fourth-order valence-corrected chi connectivity index (χ4v) is 2.22. The average molecular weight is 262 g/mol. The minimum atomic E-state index is 0. The van der Waals surface area contributed by atoms with Gasteiger partial charge in [-0.2, -0.15) is 4.57 Å². The smallest absolute Gasteiger partial charge is 0.186 e. The normalized spacial score (nSPS) is 14.0. The SMILES string of the molecule is Cl.Nc1cc[n+](Cc2ccccc2)c(C2CC2)c1. The molecule has 0 bridgehead atoms. The Hall–Kier alpha value is -1.54. The van der Waals surface area contributed by atoms with Crippen LogP contribution in [-0.4, -0.2) is 0 Å². The number of pyridine rings is 1. The molecule has 0 radical (unpaired) electrons. The van der Waals surface area contributed by atoms with Gasteiger partial charge in [0.05, 0.1) is 0 Å². The van der Waals surface area contributed by atoms with Crippen molar-refractivity contribution < 1.29 is 4.57 Å². The molecule has 1 aliphatic rings. The highest BCUT2D eigenvalue weighted by Gasteiger charge is 2.32. The standard InChI is InChI=1S/C15H16N2.ClH/c16-14-8-9-17(15(10-14)13-6-7-13)11-12-4-2-1-3-5-12;/h1-5,8-10,13,16H,6-7,11H2;1H/p+1. The molecule has 0 saturated heterocycles. The van der Waals surface area contributed by atoms with E-state index < -0.39 is 0 Å². The second kappa shape index (κ2) is 5.40. The first-order valence-corrected chi connectivity index (χ1v) is 6.16. The van der Waals surface area contributed by atoms with Crippen LogP contribution in [0.2, 0.25) is 0 Å². The summed E-state index contributed by atoms with van der Waals surface area (Å²) in [6.07, 6.45) is 4.71. The molecular weight excluding hydrogens is 244 g/mol. The maximum absolute atomic E-state index is 5.87. The molecule has 1 aromatic carbocycles. The van der Waals surface area contributed by atoms with Gasteiger partial charge in [0.15, 0.2) is 18.4 Å². The third-order valence-electron chi connectivity index (χ3n) is 3.28. The number of anilines is 1. The maximum atomic E-state index is 5.87. The van der Waals surface area contributed by atoms with Crippen LogP contribution in [0.1, 0.15) is 30.0 Å². The zero-order valence-electron chi connectivity index (χ0n) is 10.3. The van der Waals surface area contributed by atoms with Crippen LogP contribution in [0.3, 0.4) is 0 Å². The molecule has 0 aliphatic heterocycles. The Labute approximate surface area is 114 Å². The highest BCUT2D eigenvalue weighted by Crippen LogP contribution is 2.38. The summed E-state index contributed by atoms with van der Waals surface area (Å²) in [7, 11) is 0. The number of nitrogens with two attached hydrogens (primary N) is 1. The van der Waals surface area contributed by atoms with Gasteiger partial charge in [-0.05, 0) is 12.8 Å². The van der Waals surface area contributed by atoms with Crippen LogP contribution in [0.5, 0.6) is 0 Å². The van der Waals surface area contributed by atoms with E-state index in [1.807, 2.05) is 6.07 Å². The molecule has 2 nitrogen and oxygen atoms in total. The highest BCUT2D eigenvalue weighted by molar-refractivity contribution is 5.85. The fraction of sp³-hybridized carbons (Fsp3) is 0.267. The molecule has 3 heteroatoms. The Bertz CT molecular complexity index is 521. The Morgan fingerprint density at radius 2 is 1.83 bits per heavy atom. The molecule has 3 rings (SSSR count). The predicted molar refractivity (Wildman–Crippen MR) is 75.8 cm³/mol. The molecule has 18 heavy (non-hydrogen) atoms. The molecule has 1 fully saturated rings. The minimum Gasteiger partial charge on any atom is -0.398 e. The average Bonchev–Trinajstić information content (AvgIpc) is 3.17. The van der Waals surface area contributed by atoms with E-state index in [2.05, 4.69) is 47.2 Å². The third kappa shape index (κ3) is 2.82. The number of aromatic nitrogens is 1. The van der Waals surface area contributed by atoms with Crippen LogP contribution in [0, 0.1) is 0 Å². The maximum Gasteiger partial charge on any atom is 0.186 e. The van der Waals surface area contributed by atoms with E-state index in [1.165, 1.54) is 24.1 Å². The second-order valence-electron chi connectivity index (χ2n) is 4.77. The number of rotatable bonds is 3. The Morgan fingerprint density at radius 3 is 2.50 bits per heavy atom. The van der Waals surface area contributed by atoms with Crippen molar-refractivity contribution >= 4 is 18.1 Å². The summed E-state index contributed by atoms with van der Waals surface area (Å²) in [5.41, 5.74) is 9.46. The summed E-state index contributed by atoms with van der Waals surface area (Å²) in [6, 6.07) is 14.7. The summed E-state index contributed by atoms with van der Waals surface area (Å²) < 4.78 is 2.32. The van der Waals surface area contributed by atoms with Gasteiger partial charge >= 0.3 is 0 Å². The van der Waals surface area contributed by atoms with Crippen molar-refractivity contribution in [1.29, 1.82) is 0 Å². The number of benzene rings is 1. The largest absolute Gasteiger partial charge is 0.398 e. The third-order valence-corrected chi connectivity index (χ3v) is 3.28. The van der Waals surface area contributed by atoms with Gasteiger partial charge in [0.2, 0.25) is 0 Å². The van der Waals surface area contributed by atoms with Crippen LogP contribution in [0.25, 0.3) is 0 Å². The first-order chi connectivity index (χ1) is 8.33. The van der Waals surface area contributed by atoms with Gasteiger partial charge in [0.25, 0.3) is 0 Å². The highest BCUT2D eigenvalue weighted by atomic mass is 35.5. The monoisotopic (exact) mass is 261 g/mol. The van der Waals surface area contributed by atoms with Crippen molar-refractivity contribution in [3.63, 3.8) is 0 Å². The van der Waals surface area contributed by atoms with Crippen LogP contribution >= 0.6 is 12.4 Å². The van der Waals surface area contributed by atoms with E-state index in [9.17, 15) is 0 Å². The zero-order valence-corrected chi connectivity index (χ0v) is 11.1. The first kappa shape index (κ1) is 12.9.